The van der Waals surface area contributed by atoms with Gasteiger partial charge in [-0.05, 0) is 25.1 Å². The summed E-state index contributed by atoms with van der Waals surface area (Å²) in [4.78, 5) is 23.5. The van der Waals surface area contributed by atoms with E-state index in [1.165, 1.54) is 11.0 Å². The van der Waals surface area contributed by atoms with Gasteiger partial charge in [0.15, 0.2) is 0 Å². The molecule has 5 nitrogen and oxygen atoms in total. The van der Waals surface area contributed by atoms with Crippen molar-refractivity contribution in [2.75, 3.05) is 20.7 Å². The second-order valence-corrected chi connectivity index (χ2v) is 4.60. The molecule has 1 aromatic carbocycles. The molecule has 0 heterocycles. The molecule has 1 N–H and O–H groups in total. The van der Waals surface area contributed by atoms with Crippen molar-refractivity contribution < 1.29 is 19.4 Å². The second kappa shape index (κ2) is 7.33. The minimum absolute atomic E-state index is 0.0141. The van der Waals surface area contributed by atoms with Crippen LogP contribution in [0.1, 0.15) is 17.5 Å². The van der Waals surface area contributed by atoms with Crippen LogP contribution in [0.3, 0.4) is 0 Å². The van der Waals surface area contributed by atoms with E-state index in [0.717, 1.165) is 11.6 Å². The highest BCUT2D eigenvalue weighted by Gasteiger charge is 2.06. The third-order valence-corrected chi connectivity index (χ3v) is 2.64. The maximum Gasteiger partial charge on any atom is 0.328 e. The molecule has 0 fully saturated rings. The quantitative estimate of drug-likeness (QED) is 0.807. The van der Waals surface area contributed by atoms with Crippen molar-refractivity contribution >= 4 is 18.0 Å². The molecule has 0 bridgehead atoms. The van der Waals surface area contributed by atoms with E-state index in [1.807, 2.05) is 19.1 Å². The van der Waals surface area contributed by atoms with Crippen molar-refractivity contribution in [1.29, 1.82) is 0 Å². The van der Waals surface area contributed by atoms with Crippen molar-refractivity contribution in [1.82, 2.24) is 4.90 Å². The molecule has 0 spiro atoms. The van der Waals surface area contributed by atoms with Crippen molar-refractivity contribution in [2.45, 2.75) is 13.3 Å². The molecule has 20 heavy (non-hydrogen) atoms. The van der Waals surface area contributed by atoms with Gasteiger partial charge in [-0.1, -0.05) is 11.6 Å². The van der Waals surface area contributed by atoms with Gasteiger partial charge in [0.2, 0.25) is 5.91 Å². The smallest absolute Gasteiger partial charge is 0.328 e. The van der Waals surface area contributed by atoms with Gasteiger partial charge in [0.1, 0.15) is 5.75 Å². The molecule has 108 valence electrons. The Bertz CT molecular complexity index is 521. The summed E-state index contributed by atoms with van der Waals surface area (Å²) in [5, 5.41) is 8.67. The zero-order valence-corrected chi connectivity index (χ0v) is 11.9. The highest BCUT2D eigenvalue weighted by atomic mass is 16.5. The number of nitrogens with zero attached hydrogens (tertiary/aromatic N) is 1. The van der Waals surface area contributed by atoms with Crippen LogP contribution in [0.15, 0.2) is 24.3 Å². The molecule has 0 atom stereocenters. The van der Waals surface area contributed by atoms with Crippen LogP contribution in [0.4, 0.5) is 0 Å². The van der Waals surface area contributed by atoms with Crippen molar-refractivity contribution in [3.05, 3.63) is 35.4 Å². The van der Waals surface area contributed by atoms with Crippen LogP contribution in [0.25, 0.3) is 6.08 Å². The molecule has 0 saturated heterocycles. The van der Waals surface area contributed by atoms with Gasteiger partial charge >= 0.3 is 5.97 Å². The van der Waals surface area contributed by atoms with Crippen LogP contribution < -0.4 is 4.74 Å². The van der Waals surface area contributed by atoms with Crippen molar-refractivity contribution in [2.24, 2.45) is 0 Å². The summed E-state index contributed by atoms with van der Waals surface area (Å²) in [5.41, 5.74) is 1.69. The van der Waals surface area contributed by atoms with Gasteiger partial charge in [-0.25, -0.2) is 4.79 Å². The lowest BCUT2D eigenvalue weighted by Crippen LogP contribution is -2.23. The summed E-state index contributed by atoms with van der Waals surface area (Å²) >= 11 is 0. The fourth-order valence-electron chi connectivity index (χ4n) is 1.56. The lowest BCUT2D eigenvalue weighted by molar-refractivity contribution is -0.131. The average Bonchev–Trinajstić information content (AvgIpc) is 2.38. The van der Waals surface area contributed by atoms with E-state index in [4.69, 9.17) is 9.84 Å². The number of ether oxygens (including phenoxy) is 1. The summed E-state index contributed by atoms with van der Waals surface area (Å²) in [6.07, 6.45) is 2.83. The van der Waals surface area contributed by atoms with E-state index in [0.29, 0.717) is 11.3 Å². The van der Waals surface area contributed by atoms with E-state index in [9.17, 15) is 9.59 Å². The number of rotatable bonds is 6. The summed E-state index contributed by atoms with van der Waals surface area (Å²) in [5.74, 6) is -0.459. The molecule has 0 aliphatic heterocycles. The summed E-state index contributed by atoms with van der Waals surface area (Å²) in [6.45, 7) is 2.17. The number of aryl methyl sites for hydroxylation is 1. The highest BCUT2D eigenvalue weighted by molar-refractivity contribution is 5.86. The zero-order chi connectivity index (χ0) is 15.1. The van der Waals surface area contributed by atoms with E-state index in [-0.39, 0.29) is 18.9 Å². The average molecular weight is 277 g/mol. The van der Waals surface area contributed by atoms with Gasteiger partial charge < -0.3 is 14.7 Å². The van der Waals surface area contributed by atoms with E-state index >= 15 is 0 Å². The lowest BCUT2D eigenvalue weighted by atomic mass is 10.1. The molecule has 0 aromatic heterocycles. The highest BCUT2D eigenvalue weighted by Crippen LogP contribution is 2.21. The molecule has 5 heteroatoms. The number of carbonyl (C=O) groups excluding carboxylic acids is 1. The van der Waals surface area contributed by atoms with E-state index < -0.39 is 5.97 Å². The number of benzene rings is 1. The Morgan fingerprint density at radius 1 is 1.35 bits per heavy atom. The summed E-state index contributed by atoms with van der Waals surface area (Å²) in [6, 6.07) is 5.49. The first-order valence-corrected chi connectivity index (χ1v) is 6.24. The number of carboxylic acids is 1. The first-order chi connectivity index (χ1) is 9.40. The number of carbonyl (C=O) groups is 2. The molecular weight excluding hydrogens is 258 g/mol. The molecular formula is C15H19NO4. The zero-order valence-electron chi connectivity index (χ0n) is 11.9. The van der Waals surface area contributed by atoms with Crippen LogP contribution in [0, 0.1) is 6.92 Å². The van der Waals surface area contributed by atoms with E-state index in [2.05, 4.69) is 0 Å². The first-order valence-electron chi connectivity index (χ1n) is 6.24. The molecule has 0 unspecified atom stereocenters. The topological polar surface area (TPSA) is 66.8 Å². The maximum absolute atomic E-state index is 11.4. The van der Waals surface area contributed by atoms with Gasteiger partial charge in [-0.15, -0.1) is 0 Å². The fourth-order valence-corrected chi connectivity index (χ4v) is 1.56. The molecule has 0 aliphatic rings. The number of hydrogen-bond donors (Lipinski definition) is 1. The molecule has 0 radical (unpaired) electrons. The van der Waals surface area contributed by atoms with Gasteiger partial charge in [0, 0.05) is 25.7 Å². The Morgan fingerprint density at radius 2 is 2.05 bits per heavy atom. The summed E-state index contributed by atoms with van der Waals surface area (Å²) in [7, 11) is 3.38. The van der Waals surface area contributed by atoms with Gasteiger partial charge in [-0.3, -0.25) is 4.79 Å². The van der Waals surface area contributed by atoms with E-state index in [1.54, 1.807) is 20.2 Å². The monoisotopic (exact) mass is 277 g/mol. The predicted octanol–water partition coefficient (Wildman–Crippen LogP) is 1.95. The van der Waals surface area contributed by atoms with Crippen LogP contribution in [0.5, 0.6) is 5.75 Å². The molecule has 1 rings (SSSR count). The van der Waals surface area contributed by atoms with Crippen LogP contribution >= 0.6 is 0 Å². The SMILES string of the molecule is Cc1ccc(OCCC(=O)N(C)C)c(C=CC(=O)O)c1. The molecule has 1 aromatic rings. The third-order valence-electron chi connectivity index (χ3n) is 2.64. The number of aliphatic carboxylic acids is 1. The van der Waals surface area contributed by atoms with Gasteiger partial charge in [0.05, 0.1) is 13.0 Å². The Hall–Kier alpha value is -2.30. The maximum atomic E-state index is 11.4. The standard InChI is InChI=1S/C15H19NO4/c1-11-4-6-13(12(10-11)5-7-15(18)19)20-9-8-14(17)16(2)3/h4-7,10H,8-9H2,1-3H3,(H,18,19). The predicted molar refractivity (Wildman–Crippen MR) is 76.7 cm³/mol. The second-order valence-electron chi connectivity index (χ2n) is 4.60. The van der Waals surface area contributed by atoms with Gasteiger partial charge in [0.25, 0.3) is 0 Å². The van der Waals surface area contributed by atoms with Crippen LogP contribution in [-0.4, -0.2) is 42.6 Å². The largest absolute Gasteiger partial charge is 0.492 e. The lowest BCUT2D eigenvalue weighted by Gasteiger charge is -2.12. The van der Waals surface area contributed by atoms with Crippen LogP contribution in [0.2, 0.25) is 0 Å². The fraction of sp³-hybridized carbons (Fsp3) is 0.333. The first kappa shape index (κ1) is 15.8. The molecule has 0 saturated carbocycles. The Kier molecular flexibility index (Phi) is 5.77. The molecule has 1 amide bonds. The Balaban J connectivity index is 2.74. The third kappa shape index (κ3) is 5.14. The number of hydrogen-bond acceptors (Lipinski definition) is 3. The minimum Gasteiger partial charge on any atom is -0.492 e. The van der Waals surface area contributed by atoms with Crippen molar-refractivity contribution in [3.63, 3.8) is 0 Å². The minimum atomic E-state index is -1.01. The summed E-state index contributed by atoms with van der Waals surface area (Å²) < 4.78 is 5.55. The Labute approximate surface area is 118 Å². The number of carboxylic acid groups (broad SMARTS) is 1. The van der Waals surface area contributed by atoms with Gasteiger partial charge in [-0.2, -0.15) is 0 Å². The normalized spacial score (nSPS) is 10.6. The Morgan fingerprint density at radius 3 is 2.65 bits per heavy atom. The van der Waals surface area contributed by atoms with Crippen LogP contribution in [-0.2, 0) is 9.59 Å². The number of amides is 1. The van der Waals surface area contributed by atoms with Crippen molar-refractivity contribution in [3.8, 4) is 5.75 Å². The molecule has 0 aliphatic carbocycles.